The lowest BCUT2D eigenvalue weighted by atomic mass is 9.71. The van der Waals surface area contributed by atoms with Gasteiger partial charge in [-0.05, 0) is 118 Å². The number of allylic oxidation sites excluding steroid dienone is 5. The van der Waals surface area contributed by atoms with Crippen molar-refractivity contribution in [3.63, 3.8) is 0 Å². The summed E-state index contributed by atoms with van der Waals surface area (Å²) in [7, 11) is 0. The fraction of sp³-hybridized carbons (Fsp3) is 0.107. The first-order valence-corrected chi connectivity index (χ1v) is 20.6. The highest BCUT2D eigenvalue weighted by Gasteiger charge is 2.46. The van der Waals surface area contributed by atoms with E-state index in [2.05, 4.69) is 224 Å². The molecule has 2 unspecified atom stereocenters. The summed E-state index contributed by atoms with van der Waals surface area (Å²) >= 11 is 0. The van der Waals surface area contributed by atoms with Gasteiger partial charge in [-0.25, -0.2) is 0 Å². The fourth-order valence-electron chi connectivity index (χ4n) is 10.0. The Morgan fingerprint density at radius 3 is 1.69 bits per heavy atom. The number of hydrogen-bond donors (Lipinski definition) is 0. The van der Waals surface area contributed by atoms with E-state index in [1.54, 1.807) is 0 Å². The van der Waals surface area contributed by atoms with Gasteiger partial charge in [0.2, 0.25) is 0 Å². The van der Waals surface area contributed by atoms with Crippen molar-refractivity contribution in [2.75, 3.05) is 4.90 Å². The lowest BCUT2D eigenvalue weighted by Crippen LogP contribution is -2.29. The Morgan fingerprint density at radius 1 is 0.500 bits per heavy atom. The minimum Gasteiger partial charge on any atom is -0.313 e. The van der Waals surface area contributed by atoms with Crippen LogP contribution in [0.15, 0.2) is 211 Å². The van der Waals surface area contributed by atoms with E-state index in [9.17, 15) is 0 Å². The molecular formula is C56H44N2. The average Bonchev–Trinajstić information content (AvgIpc) is 3.76. The van der Waals surface area contributed by atoms with E-state index >= 15 is 0 Å². The van der Waals surface area contributed by atoms with Crippen LogP contribution in [0, 0.1) is 0 Å². The molecule has 0 spiro atoms. The van der Waals surface area contributed by atoms with Gasteiger partial charge in [-0.3, -0.25) is 0 Å². The SMILES string of the molecule is CC1CC(C2=CC=C3N(c4ccccc4)c4ccccc4C3(C)C2)=Cc2c1n(-c1ccc(-c3ccc(-c4ccc(-c5ccccc5)cc4)cc3)cc1)c1ccccc21. The number of hydrogen-bond acceptors (Lipinski definition) is 1. The lowest BCUT2D eigenvalue weighted by molar-refractivity contribution is 0.557. The number of fused-ring (bicyclic) bond motifs is 6. The Kier molecular flexibility index (Phi) is 8.08. The third-order valence-electron chi connectivity index (χ3n) is 12.9. The molecule has 2 aliphatic carbocycles. The summed E-state index contributed by atoms with van der Waals surface area (Å²) < 4.78 is 2.52. The Morgan fingerprint density at radius 2 is 1.03 bits per heavy atom. The molecule has 11 rings (SSSR count). The first-order chi connectivity index (χ1) is 28.5. The van der Waals surface area contributed by atoms with Crippen LogP contribution in [-0.2, 0) is 5.41 Å². The van der Waals surface area contributed by atoms with E-state index in [1.165, 1.54) is 95.0 Å². The van der Waals surface area contributed by atoms with Crippen LogP contribution in [0.5, 0.6) is 0 Å². The first-order valence-electron chi connectivity index (χ1n) is 20.6. The number of nitrogens with zero attached hydrogens (tertiary/aromatic N) is 2. The second-order valence-corrected chi connectivity index (χ2v) is 16.4. The minimum atomic E-state index is -0.106. The molecule has 278 valence electrons. The fourth-order valence-corrected chi connectivity index (χ4v) is 10.0. The molecule has 0 saturated heterocycles. The van der Waals surface area contributed by atoms with Crippen LogP contribution < -0.4 is 4.90 Å². The molecule has 1 aliphatic heterocycles. The highest BCUT2D eigenvalue weighted by atomic mass is 15.2. The van der Waals surface area contributed by atoms with Crippen LogP contribution in [0.25, 0.3) is 56.0 Å². The summed E-state index contributed by atoms with van der Waals surface area (Å²) in [6.07, 6.45) is 9.32. The van der Waals surface area contributed by atoms with Gasteiger partial charge in [0.1, 0.15) is 0 Å². The van der Waals surface area contributed by atoms with E-state index in [0.29, 0.717) is 5.92 Å². The van der Waals surface area contributed by atoms with Gasteiger partial charge in [-0.15, -0.1) is 0 Å². The Balaban J connectivity index is 0.905. The molecular weight excluding hydrogens is 701 g/mol. The molecule has 0 fully saturated rings. The highest BCUT2D eigenvalue weighted by molar-refractivity contribution is 5.95. The van der Waals surface area contributed by atoms with E-state index < -0.39 is 0 Å². The van der Waals surface area contributed by atoms with E-state index in [4.69, 9.17) is 0 Å². The molecule has 1 aromatic heterocycles. The molecule has 2 heterocycles. The maximum absolute atomic E-state index is 2.52. The van der Waals surface area contributed by atoms with E-state index in [-0.39, 0.29) is 5.41 Å². The number of anilines is 2. The van der Waals surface area contributed by atoms with E-state index in [1.807, 2.05) is 0 Å². The van der Waals surface area contributed by atoms with E-state index in [0.717, 1.165) is 12.8 Å². The largest absolute Gasteiger partial charge is 0.313 e. The summed E-state index contributed by atoms with van der Waals surface area (Å²) in [5, 5.41) is 1.32. The zero-order valence-corrected chi connectivity index (χ0v) is 32.9. The highest BCUT2D eigenvalue weighted by Crippen LogP contribution is 2.57. The average molecular weight is 745 g/mol. The zero-order valence-electron chi connectivity index (χ0n) is 32.9. The summed E-state index contributed by atoms with van der Waals surface area (Å²) in [6, 6.07) is 66.4. The molecule has 0 N–H and O–H groups in total. The Labute approximate surface area is 341 Å². The molecule has 0 amide bonds. The zero-order chi connectivity index (χ0) is 38.8. The third kappa shape index (κ3) is 5.55. The van der Waals surface area contributed by atoms with Gasteiger partial charge < -0.3 is 9.47 Å². The van der Waals surface area contributed by atoms with Crippen molar-refractivity contribution in [2.24, 2.45) is 0 Å². The van der Waals surface area contributed by atoms with Crippen molar-refractivity contribution in [1.82, 2.24) is 4.57 Å². The molecule has 2 heteroatoms. The van der Waals surface area contributed by atoms with Crippen LogP contribution in [0.4, 0.5) is 11.4 Å². The maximum Gasteiger partial charge on any atom is 0.0537 e. The summed E-state index contributed by atoms with van der Waals surface area (Å²) in [5.41, 5.74) is 20.7. The standard InChI is InChI=1S/C56H44N2/c1-38-35-46(45-31-34-54-56(2,37-45)51-18-10-12-20-53(51)57(54)47-15-7-4-8-16-47)36-50-49-17-9-11-19-52(49)58(55(38)50)48-32-29-44(30-33-48)43-27-25-42(26-28-43)41-23-21-40(22-24-41)39-13-5-3-6-14-39/h3-34,36,38H,35,37H2,1-2H3. The van der Waals surface area contributed by atoms with Gasteiger partial charge in [0.05, 0.1) is 5.52 Å². The van der Waals surface area contributed by atoms with Gasteiger partial charge in [-0.2, -0.15) is 0 Å². The summed E-state index contributed by atoms with van der Waals surface area (Å²) in [6.45, 7) is 4.86. The molecule has 0 bridgehead atoms. The number of rotatable bonds is 6. The van der Waals surface area contributed by atoms with Crippen LogP contribution in [0.3, 0.4) is 0 Å². The first kappa shape index (κ1) is 34.4. The van der Waals surface area contributed by atoms with Crippen molar-refractivity contribution in [3.05, 3.63) is 228 Å². The van der Waals surface area contributed by atoms with Crippen LogP contribution >= 0.6 is 0 Å². The molecule has 58 heavy (non-hydrogen) atoms. The van der Waals surface area contributed by atoms with Crippen molar-refractivity contribution in [3.8, 4) is 39.1 Å². The van der Waals surface area contributed by atoms with Crippen LogP contribution in [-0.4, -0.2) is 4.57 Å². The number of aromatic nitrogens is 1. The molecule has 0 radical (unpaired) electrons. The summed E-state index contributed by atoms with van der Waals surface area (Å²) in [4.78, 5) is 2.47. The molecule has 2 nitrogen and oxygen atoms in total. The molecule has 2 atom stereocenters. The van der Waals surface area contributed by atoms with Gasteiger partial charge in [0, 0.05) is 50.7 Å². The van der Waals surface area contributed by atoms with Crippen molar-refractivity contribution < 1.29 is 0 Å². The summed E-state index contributed by atoms with van der Waals surface area (Å²) in [5.74, 6) is 0.354. The second kappa shape index (κ2) is 13.6. The third-order valence-corrected chi connectivity index (χ3v) is 12.9. The molecule has 3 aliphatic rings. The van der Waals surface area contributed by atoms with Gasteiger partial charge in [0.25, 0.3) is 0 Å². The maximum atomic E-state index is 2.52. The van der Waals surface area contributed by atoms with Gasteiger partial charge in [-0.1, -0.05) is 159 Å². The van der Waals surface area contributed by atoms with Crippen molar-refractivity contribution >= 4 is 28.4 Å². The van der Waals surface area contributed by atoms with Crippen molar-refractivity contribution in [2.45, 2.75) is 38.0 Å². The Hall–Kier alpha value is -6.90. The normalized spacial score (nSPS) is 18.2. The van der Waals surface area contributed by atoms with Gasteiger partial charge in [0.15, 0.2) is 0 Å². The Bertz CT molecular complexity index is 2930. The topological polar surface area (TPSA) is 8.17 Å². The predicted octanol–water partition coefficient (Wildman–Crippen LogP) is 14.8. The van der Waals surface area contributed by atoms with Crippen molar-refractivity contribution in [1.29, 1.82) is 0 Å². The predicted molar refractivity (Wildman–Crippen MR) is 244 cm³/mol. The van der Waals surface area contributed by atoms with Crippen LogP contribution in [0.2, 0.25) is 0 Å². The molecule has 0 saturated carbocycles. The monoisotopic (exact) mass is 744 g/mol. The smallest absolute Gasteiger partial charge is 0.0537 e. The minimum absolute atomic E-state index is 0.106. The number of benzene rings is 7. The second-order valence-electron chi connectivity index (χ2n) is 16.4. The lowest BCUT2D eigenvalue weighted by Gasteiger charge is -2.35. The quantitative estimate of drug-likeness (QED) is 0.165. The van der Waals surface area contributed by atoms with Crippen LogP contribution in [0.1, 0.15) is 49.4 Å². The molecule has 7 aromatic carbocycles. The van der Waals surface area contributed by atoms with Gasteiger partial charge >= 0.3 is 0 Å². The molecule has 8 aromatic rings. The number of para-hydroxylation sites is 3.